The Bertz CT molecular complexity index is 833. The number of fused-ring (bicyclic) bond motifs is 3. The van der Waals surface area contributed by atoms with E-state index in [0.717, 1.165) is 0 Å². The Morgan fingerprint density at radius 2 is 2.00 bits per heavy atom. The fourth-order valence-electron chi connectivity index (χ4n) is 2.93. The lowest BCUT2D eigenvalue weighted by Crippen LogP contribution is -2.29. The molecule has 0 spiro atoms. The van der Waals surface area contributed by atoms with E-state index in [0.29, 0.717) is 41.4 Å². The van der Waals surface area contributed by atoms with Gasteiger partial charge in [0.05, 0.1) is 16.2 Å². The lowest BCUT2D eigenvalue weighted by molar-refractivity contribution is 0.0534. The summed E-state index contributed by atoms with van der Waals surface area (Å²) in [5, 5.41) is 0.449. The van der Waals surface area contributed by atoms with Crippen molar-refractivity contribution < 1.29 is 18.7 Å². The second-order valence-electron chi connectivity index (χ2n) is 6.70. The number of ether oxygens (including phenoxy) is 1. The third-order valence-corrected chi connectivity index (χ3v) is 4.07. The molecule has 4 nitrogen and oxygen atoms in total. The molecular formula is C17H17ClFNO3. The monoisotopic (exact) mass is 337 g/mol. The van der Waals surface area contributed by atoms with Gasteiger partial charge >= 0.3 is 6.09 Å². The van der Waals surface area contributed by atoms with Crippen molar-refractivity contribution in [1.82, 2.24) is 4.57 Å². The van der Waals surface area contributed by atoms with Crippen LogP contribution in [0.1, 0.15) is 49.7 Å². The fraction of sp³-hybridized carbons (Fsp3) is 0.412. The van der Waals surface area contributed by atoms with E-state index in [4.69, 9.17) is 16.3 Å². The summed E-state index contributed by atoms with van der Waals surface area (Å²) >= 11 is 5.87. The lowest BCUT2D eigenvalue weighted by Gasteiger charge is -2.21. The Hall–Kier alpha value is -1.88. The molecule has 0 radical (unpaired) electrons. The van der Waals surface area contributed by atoms with Crippen LogP contribution in [-0.2, 0) is 11.2 Å². The topological polar surface area (TPSA) is 48.3 Å². The maximum atomic E-state index is 13.9. The first-order chi connectivity index (χ1) is 10.7. The highest BCUT2D eigenvalue weighted by Crippen LogP contribution is 2.35. The average molecular weight is 338 g/mol. The van der Waals surface area contributed by atoms with E-state index in [-0.39, 0.29) is 10.8 Å². The number of nitrogens with zero attached hydrogens (tertiary/aromatic N) is 1. The predicted molar refractivity (Wildman–Crippen MR) is 85.8 cm³/mol. The summed E-state index contributed by atoms with van der Waals surface area (Å²) in [6, 6.07) is 2.66. The van der Waals surface area contributed by atoms with Crippen LogP contribution in [0.2, 0.25) is 5.02 Å². The average Bonchev–Trinajstić information content (AvgIpc) is 2.73. The van der Waals surface area contributed by atoms with Gasteiger partial charge in [0.25, 0.3) is 0 Å². The zero-order valence-electron chi connectivity index (χ0n) is 13.2. The van der Waals surface area contributed by atoms with Crippen LogP contribution in [0, 0.1) is 5.82 Å². The SMILES string of the molecule is CC(C)(C)OC(=O)n1c2c(c3cc(F)c(Cl)cc31)CCCC2=O. The van der Waals surface area contributed by atoms with Crippen molar-refractivity contribution in [3.63, 3.8) is 0 Å². The van der Waals surface area contributed by atoms with Gasteiger partial charge in [0.15, 0.2) is 5.78 Å². The van der Waals surface area contributed by atoms with Crippen molar-refractivity contribution in [3.05, 3.63) is 34.2 Å². The zero-order valence-corrected chi connectivity index (χ0v) is 14.0. The zero-order chi connectivity index (χ0) is 16.9. The number of carbonyl (C=O) groups excluding carboxylic acids is 2. The van der Waals surface area contributed by atoms with Crippen LogP contribution in [0.15, 0.2) is 12.1 Å². The molecule has 0 saturated carbocycles. The highest BCUT2D eigenvalue weighted by Gasteiger charge is 2.31. The third-order valence-electron chi connectivity index (χ3n) is 3.78. The van der Waals surface area contributed by atoms with Crippen LogP contribution in [-0.4, -0.2) is 22.0 Å². The molecule has 1 aromatic carbocycles. The number of hydrogen-bond donors (Lipinski definition) is 0. The fourth-order valence-corrected chi connectivity index (χ4v) is 3.09. The molecule has 1 aliphatic carbocycles. The number of carbonyl (C=O) groups is 2. The second kappa shape index (κ2) is 5.34. The Morgan fingerprint density at radius 3 is 2.65 bits per heavy atom. The first kappa shape index (κ1) is 16.0. The largest absolute Gasteiger partial charge is 0.443 e. The van der Waals surface area contributed by atoms with Crippen molar-refractivity contribution in [2.75, 3.05) is 0 Å². The number of rotatable bonds is 0. The number of aromatic nitrogens is 1. The molecule has 0 bridgehead atoms. The van der Waals surface area contributed by atoms with Gasteiger partial charge in [-0.15, -0.1) is 0 Å². The van der Waals surface area contributed by atoms with E-state index in [2.05, 4.69) is 0 Å². The van der Waals surface area contributed by atoms with Gasteiger partial charge in [0.1, 0.15) is 11.4 Å². The van der Waals surface area contributed by atoms with E-state index in [1.807, 2.05) is 0 Å². The summed E-state index contributed by atoms with van der Waals surface area (Å²) in [5.74, 6) is -0.703. The molecule has 0 aliphatic heterocycles. The van der Waals surface area contributed by atoms with Crippen LogP contribution in [0.5, 0.6) is 0 Å². The van der Waals surface area contributed by atoms with E-state index in [1.54, 1.807) is 20.8 Å². The van der Waals surface area contributed by atoms with Gasteiger partial charge in [-0.25, -0.2) is 13.8 Å². The molecule has 2 aromatic rings. The molecule has 1 heterocycles. The molecule has 0 fully saturated rings. The van der Waals surface area contributed by atoms with E-state index < -0.39 is 17.5 Å². The maximum absolute atomic E-state index is 13.9. The predicted octanol–water partition coefficient (Wildman–Crippen LogP) is 4.74. The Morgan fingerprint density at radius 1 is 1.30 bits per heavy atom. The number of aryl methyl sites for hydroxylation is 1. The molecule has 6 heteroatoms. The van der Waals surface area contributed by atoms with Crippen LogP contribution in [0.4, 0.5) is 9.18 Å². The number of Topliss-reactive ketones (excluding diaryl/α,β-unsaturated/α-hetero) is 1. The van der Waals surface area contributed by atoms with Gasteiger partial charge < -0.3 is 4.74 Å². The summed E-state index contributed by atoms with van der Waals surface area (Å²) in [6.07, 6.45) is 1.02. The van der Waals surface area contributed by atoms with Crippen LogP contribution in [0.3, 0.4) is 0 Å². The summed E-state index contributed by atoms with van der Waals surface area (Å²) in [5.41, 5.74) is 0.688. The minimum Gasteiger partial charge on any atom is -0.443 e. The molecule has 0 N–H and O–H groups in total. The van der Waals surface area contributed by atoms with Crippen molar-refractivity contribution in [2.45, 2.75) is 45.6 Å². The summed E-state index contributed by atoms with van der Waals surface area (Å²) in [6.45, 7) is 5.24. The molecule has 0 unspecified atom stereocenters. The second-order valence-corrected chi connectivity index (χ2v) is 7.11. The van der Waals surface area contributed by atoms with Crippen LogP contribution < -0.4 is 0 Å². The van der Waals surface area contributed by atoms with Crippen molar-refractivity contribution in [3.8, 4) is 0 Å². The van der Waals surface area contributed by atoms with Crippen molar-refractivity contribution in [2.24, 2.45) is 0 Å². The number of halogens is 2. The standard InChI is InChI=1S/C17H17ClFNO3/c1-17(2,3)23-16(22)20-13-8-11(18)12(19)7-10(13)9-5-4-6-14(21)15(9)20/h7-8H,4-6H2,1-3H3. The highest BCUT2D eigenvalue weighted by molar-refractivity contribution is 6.31. The van der Waals surface area contributed by atoms with E-state index in [1.165, 1.54) is 16.7 Å². The molecule has 0 atom stereocenters. The first-order valence-corrected chi connectivity index (χ1v) is 7.86. The molecule has 1 aliphatic rings. The minimum absolute atomic E-state index is 0.0930. The Labute approximate surface area is 138 Å². The van der Waals surface area contributed by atoms with Gasteiger partial charge in [0.2, 0.25) is 0 Å². The molecule has 0 amide bonds. The Kier molecular flexibility index (Phi) is 3.71. The van der Waals surface area contributed by atoms with E-state index in [9.17, 15) is 14.0 Å². The maximum Gasteiger partial charge on any atom is 0.419 e. The number of benzene rings is 1. The number of hydrogen-bond acceptors (Lipinski definition) is 3. The summed E-state index contributed by atoms with van der Waals surface area (Å²) in [4.78, 5) is 25.0. The van der Waals surface area contributed by atoms with Gasteiger partial charge in [-0.2, -0.15) is 0 Å². The van der Waals surface area contributed by atoms with Gasteiger partial charge in [0, 0.05) is 11.8 Å². The normalized spacial score (nSPS) is 14.9. The summed E-state index contributed by atoms with van der Waals surface area (Å²) in [7, 11) is 0. The van der Waals surface area contributed by atoms with Crippen molar-refractivity contribution in [1.29, 1.82) is 0 Å². The quantitative estimate of drug-likeness (QED) is 0.697. The van der Waals surface area contributed by atoms with Gasteiger partial charge in [-0.05, 0) is 51.3 Å². The third kappa shape index (κ3) is 2.74. The summed E-state index contributed by atoms with van der Waals surface area (Å²) < 4.78 is 20.5. The van der Waals surface area contributed by atoms with E-state index >= 15 is 0 Å². The van der Waals surface area contributed by atoms with Gasteiger partial charge in [-0.3, -0.25) is 4.79 Å². The molecular weight excluding hydrogens is 321 g/mol. The Balaban J connectivity index is 2.31. The number of ketones is 1. The molecule has 3 rings (SSSR count). The first-order valence-electron chi connectivity index (χ1n) is 7.48. The van der Waals surface area contributed by atoms with Crippen LogP contribution >= 0.6 is 11.6 Å². The van der Waals surface area contributed by atoms with Crippen LogP contribution in [0.25, 0.3) is 10.9 Å². The molecule has 122 valence electrons. The van der Waals surface area contributed by atoms with Crippen molar-refractivity contribution >= 4 is 34.4 Å². The molecule has 1 aromatic heterocycles. The lowest BCUT2D eigenvalue weighted by atomic mass is 9.94. The minimum atomic E-state index is -0.706. The molecule has 0 saturated heterocycles. The van der Waals surface area contributed by atoms with Gasteiger partial charge in [-0.1, -0.05) is 11.6 Å². The highest BCUT2D eigenvalue weighted by atomic mass is 35.5. The smallest absolute Gasteiger partial charge is 0.419 e. The molecule has 23 heavy (non-hydrogen) atoms.